The van der Waals surface area contributed by atoms with Crippen molar-refractivity contribution in [2.75, 3.05) is 26.1 Å². The highest BCUT2D eigenvalue weighted by molar-refractivity contribution is 5.96. The number of anilines is 1. The van der Waals surface area contributed by atoms with Crippen LogP contribution in [0.2, 0.25) is 0 Å². The van der Waals surface area contributed by atoms with Gasteiger partial charge in [-0.15, -0.1) is 0 Å². The summed E-state index contributed by atoms with van der Waals surface area (Å²) in [7, 11) is 2.99. The molecule has 0 aliphatic carbocycles. The zero-order valence-corrected chi connectivity index (χ0v) is 14.0. The van der Waals surface area contributed by atoms with E-state index in [1.165, 1.54) is 26.4 Å². The number of methoxy groups -OCH3 is 2. The monoisotopic (exact) mass is 346 g/mol. The molecule has 0 unspecified atom stereocenters. The maximum atomic E-state index is 13.5. The largest absolute Gasteiger partial charge is 0.497 e. The average molecular weight is 346 g/mol. The van der Waals surface area contributed by atoms with Gasteiger partial charge in [-0.05, 0) is 23.8 Å². The van der Waals surface area contributed by atoms with Crippen LogP contribution in [-0.4, -0.2) is 32.6 Å². The first-order valence-corrected chi connectivity index (χ1v) is 7.55. The summed E-state index contributed by atoms with van der Waals surface area (Å²) in [5.41, 5.74) is 0.699. The Morgan fingerprint density at radius 2 is 1.80 bits per heavy atom. The Balaban J connectivity index is 1.90. The average Bonchev–Trinajstić information content (AvgIpc) is 2.62. The van der Waals surface area contributed by atoms with Gasteiger partial charge in [0.15, 0.2) is 0 Å². The number of amides is 2. The van der Waals surface area contributed by atoms with Crippen LogP contribution in [0, 0.1) is 5.82 Å². The van der Waals surface area contributed by atoms with Gasteiger partial charge in [0.1, 0.15) is 17.3 Å². The molecule has 0 heterocycles. The van der Waals surface area contributed by atoms with Crippen molar-refractivity contribution < 1.29 is 23.5 Å². The molecule has 0 bridgehead atoms. The van der Waals surface area contributed by atoms with Crippen molar-refractivity contribution in [2.24, 2.45) is 0 Å². The van der Waals surface area contributed by atoms with E-state index in [0.717, 1.165) is 0 Å². The van der Waals surface area contributed by atoms with Gasteiger partial charge < -0.3 is 20.1 Å². The Morgan fingerprint density at radius 3 is 2.48 bits per heavy atom. The van der Waals surface area contributed by atoms with Crippen LogP contribution in [0.4, 0.5) is 10.1 Å². The van der Waals surface area contributed by atoms with Crippen molar-refractivity contribution in [1.82, 2.24) is 5.32 Å². The summed E-state index contributed by atoms with van der Waals surface area (Å²) >= 11 is 0. The van der Waals surface area contributed by atoms with E-state index in [9.17, 15) is 14.0 Å². The van der Waals surface area contributed by atoms with Gasteiger partial charge in [0.05, 0.1) is 32.9 Å². The third kappa shape index (κ3) is 5.20. The van der Waals surface area contributed by atoms with Crippen molar-refractivity contribution in [2.45, 2.75) is 6.42 Å². The molecule has 2 amide bonds. The number of carbonyl (C=O) groups excluding carboxylic acids is 2. The fourth-order valence-electron chi connectivity index (χ4n) is 2.16. The third-order valence-electron chi connectivity index (χ3n) is 3.44. The van der Waals surface area contributed by atoms with Crippen LogP contribution < -0.4 is 20.1 Å². The zero-order valence-electron chi connectivity index (χ0n) is 14.0. The zero-order chi connectivity index (χ0) is 18.2. The van der Waals surface area contributed by atoms with Crippen molar-refractivity contribution in [1.29, 1.82) is 0 Å². The van der Waals surface area contributed by atoms with Gasteiger partial charge in [-0.2, -0.15) is 0 Å². The SMILES string of the molecule is COc1ccc(OC)c(NC(=O)CNC(=O)Cc2ccccc2F)c1. The summed E-state index contributed by atoms with van der Waals surface area (Å²) in [5, 5.41) is 5.09. The molecule has 2 aromatic rings. The summed E-state index contributed by atoms with van der Waals surface area (Å²) < 4.78 is 23.8. The maximum absolute atomic E-state index is 13.5. The molecule has 6 nitrogen and oxygen atoms in total. The van der Waals surface area contributed by atoms with Crippen LogP contribution in [-0.2, 0) is 16.0 Å². The topological polar surface area (TPSA) is 76.7 Å². The quantitative estimate of drug-likeness (QED) is 0.805. The van der Waals surface area contributed by atoms with Crippen LogP contribution in [0.5, 0.6) is 11.5 Å². The number of hydrogen-bond acceptors (Lipinski definition) is 4. The third-order valence-corrected chi connectivity index (χ3v) is 3.44. The summed E-state index contributed by atoms with van der Waals surface area (Å²) in [4.78, 5) is 23.9. The molecule has 0 spiro atoms. The minimum Gasteiger partial charge on any atom is -0.497 e. The van der Waals surface area contributed by atoms with E-state index in [1.807, 2.05) is 0 Å². The van der Waals surface area contributed by atoms with Gasteiger partial charge in [0.25, 0.3) is 0 Å². The van der Waals surface area contributed by atoms with E-state index >= 15 is 0 Å². The number of halogens is 1. The Bertz CT molecular complexity index is 764. The predicted molar refractivity (Wildman–Crippen MR) is 91.3 cm³/mol. The Kier molecular flexibility index (Phi) is 6.33. The lowest BCUT2D eigenvalue weighted by Gasteiger charge is -2.12. The molecule has 0 aliphatic heterocycles. The fraction of sp³-hybridized carbons (Fsp3) is 0.222. The van der Waals surface area contributed by atoms with Crippen LogP contribution in [0.25, 0.3) is 0 Å². The normalized spacial score (nSPS) is 10.0. The first-order valence-electron chi connectivity index (χ1n) is 7.55. The molecular formula is C18H19FN2O4. The van der Waals surface area contributed by atoms with E-state index in [-0.39, 0.29) is 18.5 Å². The molecule has 0 aromatic heterocycles. The van der Waals surface area contributed by atoms with Gasteiger partial charge in [-0.1, -0.05) is 18.2 Å². The Labute approximate surface area is 144 Å². The number of hydrogen-bond donors (Lipinski definition) is 2. The standard InChI is InChI=1S/C18H19FN2O4/c1-24-13-7-8-16(25-2)15(10-13)21-18(23)11-20-17(22)9-12-5-3-4-6-14(12)19/h3-8,10H,9,11H2,1-2H3,(H,20,22)(H,21,23). The lowest BCUT2D eigenvalue weighted by molar-refractivity contribution is -0.123. The molecule has 0 fully saturated rings. The maximum Gasteiger partial charge on any atom is 0.243 e. The fourth-order valence-corrected chi connectivity index (χ4v) is 2.16. The van der Waals surface area contributed by atoms with E-state index in [0.29, 0.717) is 17.2 Å². The molecule has 25 heavy (non-hydrogen) atoms. The molecule has 2 aromatic carbocycles. The van der Waals surface area contributed by atoms with Crippen LogP contribution >= 0.6 is 0 Å². The molecule has 2 N–H and O–H groups in total. The highest BCUT2D eigenvalue weighted by atomic mass is 19.1. The smallest absolute Gasteiger partial charge is 0.243 e. The van der Waals surface area contributed by atoms with E-state index in [2.05, 4.69) is 10.6 Å². The van der Waals surface area contributed by atoms with Crippen molar-refractivity contribution >= 4 is 17.5 Å². The van der Waals surface area contributed by atoms with E-state index in [1.54, 1.807) is 30.3 Å². The van der Waals surface area contributed by atoms with Gasteiger partial charge >= 0.3 is 0 Å². The van der Waals surface area contributed by atoms with Crippen LogP contribution in [0.1, 0.15) is 5.56 Å². The summed E-state index contributed by atoms with van der Waals surface area (Å²) in [6.45, 7) is -0.242. The van der Waals surface area contributed by atoms with Gasteiger partial charge in [-0.3, -0.25) is 9.59 Å². The highest BCUT2D eigenvalue weighted by Crippen LogP contribution is 2.28. The summed E-state index contributed by atoms with van der Waals surface area (Å²) in [6.07, 6.45) is -0.136. The second-order valence-corrected chi connectivity index (χ2v) is 5.16. The molecule has 0 aliphatic rings. The summed E-state index contributed by atoms with van der Waals surface area (Å²) in [5.74, 6) is -0.318. The van der Waals surface area contributed by atoms with Crippen molar-refractivity contribution in [3.05, 3.63) is 53.8 Å². The summed E-state index contributed by atoms with van der Waals surface area (Å²) in [6, 6.07) is 11.0. The Hall–Kier alpha value is -3.09. The molecule has 2 rings (SSSR count). The number of benzene rings is 2. The number of ether oxygens (including phenoxy) is 2. The van der Waals surface area contributed by atoms with Crippen LogP contribution in [0.15, 0.2) is 42.5 Å². The number of nitrogens with one attached hydrogen (secondary N) is 2. The van der Waals surface area contributed by atoms with Crippen molar-refractivity contribution in [3.63, 3.8) is 0 Å². The second-order valence-electron chi connectivity index (χ2n) is 5.16. The minimum atomic E-state index is -0.455. The first-order chi connectivity index (χ1) is 12.0. The highest BCUT2D eigenvalue weighted by Gasteiger charge is 2.12. The second kappa shape index (κ2) is 8.68. The van der Waals surface area contributed by atoms with Crippen molar-refractivity contribution in [3.8, 4) is 11.5 Å². The molecule has 7 heteroatoms. The lowest BCUT2D eigenvalue weighted by atomic mass is 10.1. The van der Waals surface area contributed by atoms with Gasteiger partial charge in [0, 0.05) is 6.07 Å². The molecule has 0 atom stereocenters. The lowest BCUT2D eigenvalue weighted by Crippen LogP contribution is -2.34. The molecule has 0 radical (unpaired) electrons. The predicted octanol–water partition coefficient (Wildman–Crippen LogP) is 2.14. The number of rotatable bonds is 7. The van der Waals surface area contributed by atoms with Gasteiger partial charge in [0.2, 0.25) is 11.8 Å². The van der Waals surface area contributed by atoms with E-state index < -0.39 is 17.6 Å². The molecule has 0 saturated heterocycles. The minimum absolute atomic E-state index is 0.136. The van der Waals surface area contributed by atoms with E-state index in [4.69, 9.17) is 9.47 Å². The first kappa shape index (κ1) is 18.3. The molecule has 0 saturated carbocycles. The van der Waals surface area contributed by atoms with Gasteiger partial charge in [-0.25, -0.2) is 4.39 Å². The molecule has 132 valence electrons. The number of carbonyl (C=O) groups is 2. The van der Waals surface area contributed by atoms with Crippen LogP contribution in [0.3, 0.4) is 0 Å². The Morgan fingerprint density at radius 1 is 1.04 bits per heavy atom. The molecular weight excluding hydrogens is 327 g/mol.